The zero-order chi connectivity index (χ0) is 14.5. The minimum Gasteiger partial charge on any atom is -0.359 e. The summed E-state index contributed by atoms with van der Waals surface area (Å²) < 4.78 is 2.01. The van der Waals surface area contributed by atoms with E-state index >= 15 is 0 Å². The maximum absolute atomic E-state index is 9.13. The number of pyridine rings is 1. The van der Waals surface area contributed by atoms with Crippen molar-refractivity contribution in [2.45, 2.75) is 39.8 Å². The van der Waals surface area contributed by atoms with Crippen molar-refractivity contribution in [3.05, 3.63) is 35.5 Å². The van der Waals surface area contributed by atoms with E-state index in [1.54, 1.807) is 12.4 Å². The van der Waals surface area contributed by atoms with Crippen LogP contribution in [-0.2, 0) is 6.54 Å². The summed E-state index contributed by atoms with van der Waals surface area (Å²) in [5.41, 5.74) is 1.40. The maximum atomic E-state index is 9.13. The van der Waals surface area contributed by atoms with E-state index in [0.717, 1.165) is 24.5 Å². The molecule has 2 aromatic heterocycles. The summed E-state index contributed by atoms with van der Waals surface area (Å²) in [5, 5.41) is 20.5. The highest BCUT2D eigenvalue weighted by Gasteiger charge is 2.15. The Morgan fingerprint density at radius 3 is 2.95 bits per heavy atom. The first-order valence-electron chi connectivity index (χ1n) is 6.67. The van der Waals surface area contributed by atoms with Gasteiger partial charge in [-0.25, -0.2) is 4.98 Å². The second-order valence-corrected chi connectivity index (χ2v) is 4.71. The van der Waals surface area contributed by atoms with Gasteiger partial charge in [0.1, 0.15) is 18.2 Å². The van der Waals surface area contributed by atoms with Crippen molar-refractivity contribution in [3.8, 4) is 6.07 Å². The summed E-state index contributed by atoms with van der Waals surface area (Å²) in [7, 11) is 0. The predicted octanol–water partition coefficient (Wildman–Crippen LogP) is 2.44. The molecule has 0 aliphatic rings. The number of nitrogens with one attached hydrogen (secondary N) is 1. The third-order valence-corrected chi connectivity index (χ3v) is 3.01. The van der Waals surface area contributed by atoms with Crippen LogP contribution in [0.2, 0.25) is 0 Å². The van der Waals surface area contributed by atoms with E-state index < -0.39 is 0 Å². The molecule has 0 saturated heterocycles. The lowest BCUT2D eigenvalue weighted by Gasteiger charge is -2.16. The Morgan fingerprint density at radius 2 is 2.25 bits per heavy atom. The van der Waals surface area contributed by atoms with E-state index in [-0.39, 0.29) is 6.04 Å². The monoisotopic (exact) mass is 270 g/mol. The second-order valence-electron chi connectivity index (χ2n) is 4.71. The van der Waals surface area contributed by atoms with Crippen molar-refractivity contribution < 1.29 is 0 Å². The van der Waals surface area contributed by atoms with Crippen LogP contribution in [-0.4, -0.2) is 19.7 Å². The Hall–Kier alpha value is -2.42. The van der Waals surface area contributed by atoms with Crippen LogP contribution in [0.15, 0.2) is 18.5 Å². The van der Waals surface area contributed by atoms with Gasteiger partial charge in [0.15, 0.2) is 5.82 Å². The minimum absolute atomic E-state index is 0.0644. The fraction of sp³-hybridized carbons (Fsp3) is 0.429. The second kappa shape index (κ2) is 6.15. The molecule has 20 heavy (non-hydrogen) atoms. The molecule has 6 heteroatoms. The fourth-order valence-electron chi connectivity index (χ4n) is 2.04. The molecule has 2 aromatic rings. The van der Waals surface area contributed by atoms with Gasteiger partial charge in [0.25, 0.3) is 0 Å². The maximum Gasteiger partial charge on any atom is 0.155 e. The topological polar surface area (TPSA) is 79.4 Å². The lowest BCUT2D eigenvalue weighted by Crippen LogP contribution is -2.15. The SMILES string of the molecule is CCCn1cnnc1[C@@H](C)Nc1nc(C)ccc1C#N. The largest absolute Gasteiger partial charge is 0.359 e. The molecule has 0 aromatic carbocycles. The number of aryl methyl sites for hydroxylation is 2. The number of hydrogen-bond donors (Lipinski definition) is 1. The zero-order valence-corrected chi connectivity index (χ0v) is 12.0. The zero-order valence-electron chi connectivity index (χ0n) is 12.0. The molecule has 0 bridgehead atoms. The van der Waals surface area contributed by atoms with Crippen LogP contribution >= 0.6 is 0 Å². The molecular weight excluding hydrogens is 252 g/mol. The van der Waals surface area contributed by atoms with E-state index in [4.69, 9.17) is 5.26 Å². The van der Waals surface area contributed by atoms with Gasteiger partial charge in [-0.2, -0.15) is 5.26 Å². The van der Waals surface area contributed by atoms with Crippen molar-refractivity contribution in [2.75, 3.05) is 5.32 Å². The van der Waals surface area contributed by atoms with Crippen LogP contribution in [0.5, 0.6) is 0 Å². The number of anilines is 1. The molecule has 1 N–H and O–H groups in total. The van der Waals surface area contributed by atoms with E-state index in [1.807, 2.05) is 24.5 Å². The highest BCUT2D eigenvalue weighted by atomic mass is 15.3. The molecule has 0 aliphatic heterocycles. The summed E-state index contributed by atoms with van der Waals surface area (Å²) >= 11 is 0. The van der Waals surface area contributed by atoms with Crippen LogP contribution in [0, 0.1) is 18.3 Å². The number of rotatable bonds is 5. The molecule has 104 valence electrons. The van der Waals surface area contributed by atoms with E-state index in [0.29, 0.717) is 11.4 Å². The van der Waals surface area contributed by atoms with Gasteiger partial charge in [0.05, 0.1) is 11.6 Å². The first-order chi connectivity index (χ1) is 9.65. The quantitative estimate of drug-likeness (QED) is 0.902. The smallest absolute Gasteiger partial charge is 0.155 e. The van der Waals surface area contributed by atoms with E-state index in [9.17, 15) is 0 Å². The van der Waals surface area contributed by atoms with Gasteiger partial charge in [-0.3, -0.25) is 0 Å². The van der Waals surface area contributed by atoms with Crippen molar-refractivity contribution in [1.82, 2.24) is 19.7 Å². The van der Waals surface area contributed by atoms with Gasteiger partial charge < -0.3 is 9.88 Å². The van der Waals surface area contributed by atoms with Crippen LogP contribution in [0.4, 0.5) is 5.82 Å². The summed E-state index contributed by atoms with van der Waals surface area (Å²) in [6, 6.07) is 5.68. The molecule has 0 unspecified atom stereocenters. The Kier molecular flexibility index (Phi) is 4.31. The molecule has 0 aliphatic carbocycles. The highest BCUT2D eigenvalue weighted by molar-refractivity contribution is 5.52. The number of aromatic nitrogens is 4. The van der Waals surface area contributed by atoms with Crippen LogP contribution < -0.4 is 5.32 Å². The number of nitrogens with zero attached hydrogens (tertiary/aromatic N) is 5. The third-order valence-electron chi connectivity index (χ3n) is 3.01. The molecule has 0 fully saturated rings. The Balaban J connectivity index is 2.23. The lowest BCUT2D eigenvalue weighted by atomic mass is 10.2. The number of nitriles is 1. The van der Waals surface area contributed by atoms with Crippen LogP contribution in [0.3, 0.4) is 0 Å². The third kappa shape index (κ3) is 2.94. The van der Waals surface area contributed by atoms with Crippen LogP contribution in [0.1, 0.15) is 43.4 Å². The lowest BCUT2D eigenvalue weighted by molar-refractivity contribution is 0.613. The Labute approximate surface area is 118 Å². The molecule has 0 spiro atoms. The average molecular weight is 270 g/mol. The Morgan fingerprint density at radius 1 is 1.45 bits per heavy atom. The van der Waals surface area contributed by atoms with Gasteiger partial charge in [-0.05, 0) is 32.4 Å². The normalized spacial score (nSPS) is 11.9. The highest BCUT2D eigenvalue weighted by Crippen LogP contribution is 2.19. The summed E-state index contributed by atoms with van der Waals surface area (Å²) in [6.07, 6.45) is 2.75. The van der Waals surface area contributed by atoms with Gasteiger partial charge in [-0.15, -0.1) is 10.2 Å². The van der Waals surface area contributed by atoms with Gasteiger partial charge >= 0.3 is 0 Å². The molecule has 1 atom stereocenters. The fourth-order valence-corrected chi connectivity index (χ4v) is 2.04. The summed E-state index contributed by atoms with van der Waals surface area (Å²) in [4.78, 5) is 4.38. The van der Waals surface area contributed by atoms with Crippen LogP contribution in [0.25, 0.3) is 0 Å². The molecule has 0 radical (unpaired) electrons. The van der Waals surface area contributed by atoms with E-state index in [1.165, 1.54) is 0 Å². The first-order valence-corrected chi connectivity index (χ1v) is 6.67. The van der Waals surface area contributed by atoms with Crippen molar-refractivity contribution in [1.29, 1.82) is 5.26 Å². The number of hydrogen-bond acceptors (Lipinski definition) is 5. The predicted molar refractivity (Wildman–Crippen MR) is 76.0 cm³/mol. The molecule has 6 nitrogen and oxygen atoms in total. The molecule has 2 rings (SSSR count). The van der Waals surface area contributed by atoms with Crippen molar-refractivity contribution in [3.63, 3.8) is 0 Å². The molecule has 0 saturated carbocycles. The summed E-state index contributed by atoms with van der Waals surface area (Å²) in [6.45, 7) is 6.87. The minimum atomic E-state index is -0.0644. The molecule has 0 amide bonds. The van der Waals surface area contributed by atoms with Crippen molar-refractivity contribution in [2.24, 2.45) is 0 Å². The van der Waals surface area contributed by atoms with Gasteiger partial charge in [0, 0.05) is 12.2 Å². The molecule has 2 heterocycles. The molecular formula is C14H18N6. The van der Waals surface area contributed by atoms with E-state index in [2.05, 4.69) is 33.5 Å². The first kappa shape index (κ1) is 14.0. The summed E-state index contributed by atoms with van der Waals surface area (Å²) in [5.74, 6) is 1.44. The Bertz CT molecular complexity index is 625. The van der Waals surface area contributed by atoms with Gasteiger partial charge in [0.2, 0.25) is 0 Å². The van der Waals surface area contributed by atoms with Crippen molar-refractivity contribution >= 4 is 5.82 Å². The average Bonchev–Trinajstić information content (AvgIpc) is 2.88. The standard InChI is InChI=1S/C14H18N6/c1-4-7-20-9-16-19-14(20)11(3)18-13-12(8-15)6-5-10(2)17-13/h5-6,9,11H,4,7H2,1-3H3,(H,17,18)/t11-/m1/s1. The van der Waals surface area contributed by atoms with Gasteiger partial charge in [-0.1, -0.05) is 6.92 Å².